The lowest BCUT2D eigenvalue weighted by Gasteiger charge is -2.32. The van der Waals surface area contributed by atoms with Crippen LogP contribution < -0.4 is 9.47 Å². The van der Waals surface area contributed by atoms with E-state index in [1.54, 1.807) is 25.3 Å². The summed E-state index contributed by atoms with van der Waals surface area (Å²) < 4.78 is 32.3. The number of carbonyl (C=O) groups is 1. The number of aliphatic carboxylic acids is 1. The summed E-state index contributed by atoms with van der Waals surface area (Å²) in [4.78, 5) is 17.8. The lowest BCUT2D eigenvalue weighted by Crippen LogP contribution is -2.36. The van der Waals surface area contributed by atoms with Crippen LogP contribution in [-0.4, -0.2) is 59.5 Å². The molecule has 1 fully saturated rings. The molecule has 0 bridgehead atoms. The van der Waals surface area contributed by atoms with Gasteiger partial charge in [-0.15, -0.1) is 0 Å². The van der Waals surface area contributed by atoms with E-state index in [2.05, 4.69) is 16.0 Å². The molecule has 0 spiro atoms. The Kier molecular flexibility index (Phi) is 8.87. The number of carboxylic acids is 1. The van der Waals surface area contributed by atoms with Crippen molar-refractivity contribution in [3.05, 3.63) is 76.7 Å². The van der Waals surface area contributed by atoms with Crippen LogP contribution in [0.15, 0.2) is 48.7 Å². The number of piperidine rings is 1. The van der Waals surface area contributed by atoms with Gasteiger partial charge in [-0.1, -0.05) is 30.3 Å². The van der Waals surface area contributed by atoms with E-state index < -0.39 is 23.8 Å². The Hall–Kier alpha value is -3.53. The second-order valence-corrected chi connectivity index (χ2v) is 10.9. The maximum absolute atomic E-state index is 15.0. The van der Waals surface area contributed by atoms with Crippen molar-refractivity contribution in [3.63, 3.8) is 0 Å². The molecule has 2 aliphatic heterocycles. The van der Waals surface area contributed by atoms with Crippen LogP contribution in [0.5, 0.6) is 11.6 Å². The molecule has 2 aromatic carbocycles. The number of fused-ring (bicyclic) bond motifs is 1. The number of hydrogen-bond donors (Lipinski definition) is 2. The zero-order valence-electron chi connectivity index (χ0n) is 23.7. The van der Waals surface area contributed by atoms with E-state index in [1.165, 1.54) is 20.2 Å². The highest BCUT2D eigenvalue weighted by atomic mass is 19.1. The minimum Gasteiger partial charge on any atom is -0.485 e. The maximum atomic E-state index is 15.0. The Balaban J connectivity index is 1.45. The molecule has 1 aromatic heterocycles. The fourth-order valence-electron chi connectivity index (χ4n) is 5.72. The van der Waals surface area contributed by atoms with Crippen LogP contribution in [-0.2, 0) is 22.5 Å². The minimum absolute atomic E-state index is 0.240. The van der Waals surface area contributed by atoms with Gasteiger partial charge in [0, 0.05) is 38.4 Å². The van der Waals surface area contributed by atoms with Crippen LogP contribution >= 0.6 is 0 Å². The molecule has 2 N–H and O–H groups in total. The topological polar surface area (TPSA) is 101 Å². The molecule has 2 aliphatic rings. The van der Waals surface area contributed by atoms with Crippen LogP contribution in [0.2, 0.25) is 0 Å². The van der Waals surface area contributed by atoms with Crippen LogP contribution in [0.25, 0.3) is 11.1 Å². The summed E-state index contributed by atoms with van der Waals surface area (Å²) in [7, 11) is 3.26. The summed E-state index contributed by atoms with van der Waals surface area (Å²) in [5, 5.41) is 19.9. The van der Waals surface area contributed by atoms with Gasteiger partial charge in [0.1, 0.15) is 17.7 Å². The molecule has 3 atom stereocenters. The second kappa shape index (κ2) is 12.5. The number of aromatic nitrogens is 1. The van der Waals surface area contributed by atoms with E-state index in [1.807, 2.05) is 18.2 Å². The Bertz CT molecular complexity index is 1390. The first-order chi connectivity index (χ1) is 19.8. The SMILES string of the molecule is COc1cc(-c2ccc(C3CCc4ccc([C@H](O)[C@H](C)C(=O)O)cc4O3)cc2CN2CCC(OC)CC2)c(F)cn1. The lowest BCUT2D eigenvalue weighted by molar-refractivity contribution is -0.145. The molecule has 41 heavy (non-hydrogen) atoms. The number of aliphatic hydroxyl groups excluding tert-OH is 1. The van der Waals surface area contributed by atoms with Crippen molar-refractivity contribution in [2.45, 2.75) is 57.5 Å². The highest BCUT2D eigenvalue weighted by Crippen LogP contribution is 2.39. The first kappa shape index (κ1) is 29.0. The van der Waals surface area contributed by atoms with Gasteiger partial charge in [-0.3, -0.25) is 9.69 Å². The van der Waals surface area contributed by atoms with Crippen LogP contribution in [0.1, 0.15) is 60.6 Å². The Morgan fingerprint density at radius 3 is 2.61 bits per heavy atom. The van der Waals surface area contributed by atoms with Crippen LogP contribution in [0.4, 0.5) is 4.39 Å². The van der Waals surface area contributed by atoms with Crippen molar-refractivity contribution < 1.29 is 33.6 Å². The zero-order chi connectivity index (χ0) is 29.1. The van der Waals surface area contributed by atoms with Crippen molar-refractivity contribution in [3.8, 4) is 22.8 Å². The summed E-state index contributed by atoms with van der Waals surface area (Å²) in [5.74, 6) is -1.42. The van der Waals surface area contributed by atoms with Crippen molar-refractivity contribution >= 4 is 5.97 Å². The highest BCUT2D eigenvalue weighted by Gasteiger charge is 2.28. The fraction of sp³-hybridized carbons (Fsp3) is 0.438. The number of nitrogens with zero attached hydrogens (tertiary/aromatic N) is 2. The van der Waals surface area contributed by atoms with E-state index in [0.717, 1.165) is 61.0 Å². The number of aliphatic hydroxyl groups is 1. The van der Waals surface area contributed by atoms with Crippen LogP contribution in [0.3, 0.4) is 0 Å². The Morgan fingerprint density at radius 2 is 1.90 bits per heavy atom. The molecular formula is C32H37FN2O6. The third-order valence-electron chi connectivity index (χ3n) is 8.33. The molecule has 3 aromatic rings. The molecule has 218 valence electrons. The third-order valence-corrected chi connectivity index (χ3v) is 8.33. The number of aryl methyl sites for hydroxylation is 1. The molecule has 1 unspecified atom stereocenters. The normalized spacial score (nSPS) is 19.2. The number of methoxy groups -OCH3 is 2. The predicted molar refractivity (Wildman–Crippen MR) is 151 cm³/mol. The average Bonchev–Trinajstić information content (AvgIpc) is 3.00. The second-order valence-electron chi connectivity index (χ2n) is 10.9. The highest BCUT2D eigenvalue weighted by molar-refractivity contribution is 5.71. The summed E-state index contributed by atoms with van der Waals surface area (Å²) >= 11 is 0. The van der Waals surface area contributed by atoms with Gasteiger partial charge < -0.3 is 24.4 Å². The lowest BCUT2D eigenvalue weighted by atomic mass is 9.90. The summed E-state index contributed by atoms with van der Waals surface area (Å²) in [6.07, 6.45) is 3.50. The number of rotatable bonds is 9. The van der Waals surface area contributed by atoms with Crippen molar-refractivity contribution in [1.82, 2.24) is 9.88 Å². The predicted octanol–water partition coefficient (Wildman–Crippen LogP) is 5.33. The first-order valence-corrected chi connectivity index (χ1v) is 14.1. The van der Waals surface area contributed by atoms with Gasteiger partial charge in [-0.2, -0.15) is 0 Å². The van der Waals surface area contributed by atoms with E-state index in [4.69, 9.17) is 14.2 Å². The molecule has 1 saturated heterocycles. The molecule has 3 heterocycles. The number of benzene rings is 2. The Morgan fingerprint density at radius 1 is 1.12 bits per heavy atom. The van der Waals surface area contributed by atoms with Gasteiger partial charge in [-0.05, 0) is 66.5 Å². The molecule has 9 heteroatoms. The number of halogens is 1. The van der Waals surface area contributed by atoms with E-state index >= 15 is 4.39 Å². The Labute approximate surface area is 239 Å². The quantitative estimate of drug-likeness (QED) is 0.360. The van der Waals surface area contributed by atoms with Crippen LogP contribution in [0, 0.1) is 11.7 Å². The van der Waals surface area contributed by atoms with Gasteiger partial charge in [0.15, 0.2) is 0 Å². The van der Waals surface area contributed by atoms with E-state index in [-0.39, 0.29) is 12.2 Å². The number of pyridine rings is 1. The molecule has 0 amide bonds. The van der Waals surface area contributed by atoms with Crippen molar-refractivity contribution in [2.75, 3.05) is 27.3 Å². The van der Waals surface area contributed by atoms with Crippen molar-refractivity contribution in [2.24, 2.45) is 5.92 Å². The van der Waals surface area contributed by atoms with E-state index in [0.29, 0.717) is 29.3 Å². The molecule has 0 saturated carbocycles. The molecule has 0 aliphatic carbocycles. The largest absolute Gasteiger partial charge is 0.485 e. The van der Waals surface area contributed by atoms with Gasteiger partial charge in [0.25, 0.3) is 0 Å². The molecular weight excluding hydrogens is 527 g/mol. The maximum Gasteiger partial charge on any atom is 0.309 e. The third kappa shape index (κ3) is 6.37. The van der Waals surface area contributed by atoms with Gasteiger partial charge >= 0.3 is 5.97 Å². The summed E-state index contributed by atoms with van der Waals surface area (Å²) in [5.41, 5.74) is 4.71. The summed E-state index contributed by atoms with van der Waals surface area (Å²) in [6.45, 7) is 3.91. The average molecular weight is 565 g/mol. The first-order valence-electron chi connectivity index (χ1n) is 14.1. The van der Waals surface area contributed by atoms with E-state index in [9.17, 15) is 15.0 Å². The standard InChI is InChI=1S/C32H37FN2O6/c1-19(32(37)38)31(36)22-5-4-20-7-9-28(41-29(20)15-22)21-6-8-25(26-16-30(40-3)34-17-27(26)33)23(14-21)18-35-12-10-24(39-2)11-13-35/h4-6,8,14-17,19,24,28,31,36H,7,9-13,18H2,1-3H3,(H,37,38)/t19-,28?,31+/m0/s1. The number of ether oxygens (including phenoxy) is 3. The number of likely N-dealkylation sites (tertiary alicyclic amines) is 1. The fourth-order valence-corrected chi connectivity index (χ4v) is 5.72. The molecule has 5 rings (SSSR count). The number of hydrogen-bond acceptors (Lipinski definition) is 7. The summed E-state index contributed by atoms with van der Waals surface area (Å²) in [6, 6.07) is 13.1. The zero-order valence-corrected chi connectivity index (χ0v) is 23.7. The molecule has 0 radical (unpaired) electrons. The van der Waals surface area contributed by atoms with Gasteiger partial charge in [-0.25, -0.2) is 9.37 Å². The van der Waals surface area contributed by atoms with Gasteiger partial charge in [0.05, 0.1) is 31.4 Å². The smallest absolute Gasteiger partial charge is 0.309 e. The monoisotopic (exact) mass is 564 g/mol. The molecule has 8 nitrogen and oxygen atoms in total. The van der Waals surface area contributed by atoms with Crippen molar-refractivity contribution in [1.29, 1.82) is 0 Å². The minimum atomic E-state index is -1.14. The number of carboxylic acid groups (broad SMARTS) is 1. The van der Waals surface area contributed by atoms with Gasteiger partial charge in [0.2, 0.25) is 5.88 Å².